The molecule has 3 rings (SSSR count). The van der Waals surface area contributed by atoms with Crippen LogP contribution >= 0.6 is 0 Å². The van der Waals surface area contributed by atoms with Crippen LogP contribution in [0.4, 0.5) is 0 Å². The predicted octanol–water partition coefficient (Wildman–Crippen LogP) is 2.36. The number of aliphatic hydroxyl groups excluding tert-OH is 1. The molecule has 0 aliphatic heterocycles. The van der Waals surface area contributed by atoms with E-state index < -0.39 is 0 Å². The molecular weight excluding hydrogens is 250 g/mol. The highest BCUT2D eigenvalue weighted by atomic mass is 16.3. The summed E-state index contributed by atoms with van der Waals surface area (Å²) in [4.78, 5) is 0. The van der Waals surface area contributed by atoms with Crippen molar-refractivity contribution in [3.63, 3.8) is 0 Å². The topological polar surface area (TPSA) is 50.1 Å². The molecule has 4 heteroatoms. The summed E-state index contributed by atoms with van der Waals surface area (Å²) in [5, 5.41) is 19.5. The number of hydrogen-bond donors (Lipinski definition) is 2. The minimum atomic E-state index is -0.215. The second kappa shape index (κ2) is 5.94. The lowest BCUT2D eigenvalue weighted by Crippen LogP contribution is -2.38. The first-order valence-electron chi connectivity index (χ1n) is 7.58. The normalized spacial score (nSPS) is 23.9. The number of aliphatic hydroxyl groups is 1. The van der Waals surface area contributed by atoms with Gasteiger partial charge in [0.1, 0.15) is 0 Å². The standard InChI is InChI=1S/C16H23N3O/c1-19-15-9-6-5-7-12(15)14(18-19)11-17-13-8-3-2-4-10-16(13)20/h5-7,9,13,16-17,20H,2-4,8,10-11H2,1H3. The Morgan fingerprint density at radius 1 is 1.25 bits per heavy atom. The highest BCUT2D eigenvalue weighted by Crippen LogP contribution is 2.20. The summed E-state index contributed by atoms with van der Waals surface area (Å²) in [7, 11) is 1.98. The fourth-order valence-corrected chi connectivity index (χ4v) is 3.17. The Morgan fingerprint density at radius 2 is 2.05 bits per heavy atom. The number of hydrogen-bond acceptors (Lipinski definition) is 3. The SMILES string of the molecule is Cn1nc(CNC2CCCCCC2O)c2ccccc21. The molecule has 1 aromatic heterocycles. The van der Waals surface area contributed by atoms with E-state index in [1.54, 1.807) is 0 Å². The van der Waals surface area contributed by atoms with Crippen molar-refractivity contribution in [3.8, 4) is 0 Å². The molecule has 2 atom stereocenters. The van der Waals surface area contributed by atoms with Gasteiger partial charge in [0.15, 0.2) is 0 Å². The van der Waals surface area contributed by atoms with Gasteiger partial charge in [0, 0.05) is 25.0 Å². The lowest BCUT2D eigenvalue weighted by atomic mass is 10.1. The summed E-state index contributed by atoms with van der Waals surface area (Å²) < 4.78 is 1.93. The molecule has 0 saturated heterocycles. The van der Waals surface area contributed by atoms with Crippen LogP contribution in [0.5, 0.6) is 0 Å². The van der Waals surface area contributed by atoms with Crippen LogP contribution < -0.4 is 5.32 Å². The zero-order valence-electron chi connectivity index (χ0n) is 12.0. The first-order valence-corrected chi connectivity index (χ1v) is 7.58. The first kappa shape index (κ1) is 13.6. The number of aryl methyl sites for hydroxylation is 1. The largest absolute Gasteiger partial charge is 0.392 e. The van der Waals surface area contributed by atoms with Gasteiger partial charge in [-0.3, -0.25) is 4.68 Å². The summed E-state index contributed by atoms with van der Waals surface area (Å²) in [6, 6.07) is 8.50. The van der Waals surface area contributed by atoms with Gasteiger partial charge in [-0.25, -0.2) is 0 Å². The molecule has 1 aromatic carbocycles. The Morgan fingerprint density at radius 3 is 2.95 bits per heavy atom. The molecule has 4 nitrogen and oxygen atoms in total. The summed E-state index contributed by atoms with van der Waals surface area (Å²) in [5.74, 6) is 0. The van der Waals surface area contributed by atoms with E-state index in [4.69, 9.17) is 0 Å². The molecule has 2 N–H and O–H groups in total. The van der Waals surface area contributed by atoms with E-state index in [-0.39, 0.29) is 12.1 Å². The third-order valence-electron chi connectivity index (χ3n) is 4.35. The third-order valence-corrected chi connectivity index (χ3v) is 4.35. The summed E-state index contributed by atoms with van der Waals surface area (Å²) in [5.41, 5.74) is 2.23. The van der Waals surface area contributed by atoms with E-state index in [1.807, 2.05) is 23.9 Å². The smallest absolute Gasteiger partial charge is 0.0841 e. The van der Waals surface area contributed by atoms with Crippen LogP contribution in [0.2, 0.25) is 0 Å². The fourth-order valence-electron chi connectivity index (χ4n) is 3.17. The highest BCUT2D eigenvalue weighted by Gasteiger charge is 2.21. The molecule has 1 aliphatic carbocycles. The summed E-state index contributed by atoms with van der Waals surface area (Å²) in [6.45, 7) is 0.725. The van der Waals surface area contributed by atoms with Crippen molar-refractivity contribution < 1.29 is 5.11 Å². The number of nitrogens with one attached hydrogen (secondary N) is 1. The van der Waals surface area contributed by atoms with Crippen LogP contribution in [0.15, 0.2) is 24.3 Å². The Hall–Kier alpha value is -1.39. The lowest BCUT2D eigenvalue weighted by molar-refractivity contribution is 0.119. The van der Waals surface area contributed by atoms with Crippen molar-refractivity contribution in [1.82, 2.24) is 15.1 Å². The van der Waals surface area contributed by atoms with Crippen LogP contribution in [0, 0.1) is 0 Å². The Kier molecular flexibility index (Phi) is 4.03. The van der Waals surface area contributed by atoms with Gasteiger partial charge in [-0.05, 0) is 18.9 Å². The molecule has 1 aliphatic rings. The molecule has 2 aromatic rings. The number of fused-ring (bicyclic) bond motifs is 1. The van der Waals surface area contributed by atoms with Gasteiger partial charge in [0.2, 0.25) is 0 Å². The van der Waals surface area contributed by atoms with Crippen LogP contribution in [0.3, 0.4) is 0 Å². The van der Waals surface area contributed by atoms with E-state index in [9.17, 15) is 5.11 Å². The molecule has 2 unspecified atom stereocenters. The van der Waals surface area contributed by atoms with E-state index in [0.717, 1.165) is 37.0 Å². The van der Waals surface area contributed by atoms with E-state index >= 15 is 0 Å². The fraction of sp³-hybridized carbons (Fsp3) is 0.562. The summed E-state index contributed by atoms with van der Waals surface area (Å²) in [6.07, 6.45) is 5.35. The van der Waals surface area contributed by atoms with Gasteiger partial charge in [-0.1, -0.05) is 37.5 Å². The van der Waals surface area contributed by atoms with Crippen LogP contribution in [0.1, 0.15) is 37.8 Å². The second-order valence-corrected chi connectivity index (χ2v) is 5.78. The minimum absolute atomic E-state index is 0.207. The molecule has 0 bridgehead atoms. The number of para-hydroxylation sites is 1. The van der Waals surface area contributed by atoms with Crippen LogP contribution in [0.25, 0.3) is 10.9 Å². The zero-order chi connectivity index (χ0) is 13.9. The quantitative estimate of drug-likeness (QED) is 0.844. The highest BCUT2D eigenvalue weighted by molar-refractivity contribution is 5.81. The van der Waals surface area contributed by atoms with Crippen molar-refractivity contribution in [1.29, 1.82) is 0 Å². The van der Waals surface area contributed by atoms with Crippen LogP contribution in [-0.4, -0.2) is 27.0 Å². The van der Waals surface area contributed by atoms with Crippen molar-refractivity contribution in [2.24, 2.45) is 7.05 Å². The zero-order valence-corrected chi connectivity index (χ0v) is 12.0. The average Bonchev–Trinajstić information content (AvgIpc) is 2.64. The van der Waals surface area contributed by atoms with Gasteiger partial charge in [0.25, 0.3) is 0 Å². The van der Waals surface area contributed by atoms with Gasteiger partial charge < -0.3 is 10.4 Å². The molecule has 1 fully saturated rings. The summed E-state index contributed by atoms with van der Waals surface area (Å²) >= 11 is 0. The molecule has 108 valence electrons. The second-order valence-electron chi connectivity index (χ2n) is 5.78. The number of aromatic nitrogens is 2. The van der Waals surface area contributed by atoms with Gasteiger partial charge in [-0.15, -0.1) is 0 Å². The van der Waals surface area contributed by atoms with E-state index in [2.05, 4.69) is 22.5 Å². The monoisotopic (exact) mass is 273 g/mol. The number of benzene rings is 1. The predicted molar refractivity (Wildman–Crippen MR) is 80.4 cm³/mol. The third kappa shape index (κ3) is 2.72. The van der Waals surface area contributed by atoms with Crippen molar-refractivity contribution >= 4 is 10.9 Å². The van der Waals surface area contributed by atoms with E-state index in [1.165, 1.54) is 18.2 Å². The maximum absolute atomic E-state index is 10.2. The van der Waals surface area contributed by atoms with Gasteiger partial charge in [0.05, 0.1) is 17.3 Å². The number of rotatable bonds is 3. The molecule has 20 heavy (non-hydrogen) atoms. The Labute approximate surface area is 119 Å². The molecule has 1 heterocycles. The Balaban J connectivity index is 1.73. The molecular formula is C16H23N3O. The maximum atomic E-state index is 10.2. The molecule has 1 saturated carbocycles. The maximum Gasteiger partial charge on any atom is 0.0841 e. The number of nitrogens with zero attached hydrogens (tertiary/aromatic N) is 2. The minimum Gasteiger partial charge on any atom is -0.392 e. The van der Waals surface area contributed by atoms with E-state index in [0.29, 0.717) is 0 Å². The molecule has 0 radical (unpaired) electrons. The molecule has 0 amide bonds. The lowest BCUT2D eigenvalue weighted by Gasteiger charge is -2.21. The Bertz CT molecular complexity index is 578. The molecule has 0 spiro atoms. The van der Waals surface area contributed by atoms with Crippen molar-refractivity contribution in [2.45, 2.75) is 50.8 Å². The van der Waals surface area contributed by atoms with Crippen molar-refractivity contribution in [3.05, 3.63) is 30.0 Å². The van der Waals surface area contributed by atoms with Gasteiger partial charge in [-0.2, -0.15) is 5.10 Å². The first-order chi connectivity index (χ1) is 9.75. The van der Waals surface area contributed by atoms with Crippen molar-refractivity contribution in [2.75, 3.05) is 0 Å². The van der Waals surface area contributed by atoms with Gasteiger partial charge >= 0.3 is 0 Å². The van der Waals surface area contributed by atoms with Crippen LogP contribution in [-0.2, 0) is 13.6 Å². The average molecular weight is 273 g/mol.